The predicted octanol–water partition coefficient (Wildman–Crippen LogP) is 3.27. The Labute approximate surface area is 182 Å². The first kappa shape index (κ1) is 18.9. The van der Waals surface area contributed by atoms with E-state index in [2.05, 4.69) is 39.7 Å². The van der Waals surface area contributed by atoms with E-state index in [0.29, 0.717) is 18.1 Å². The molecule has 8 nitrogen and oxygen atoms in total. The Morgan fingerprint density at radius 2 is 2.13 bits per heavy atom. The summed E-state index contributed by atoms with van der Waals surface area (Å²) < 4.78 is 5.45. The number of piperidine rings is 2. The summed E-state index contributed by atoms with van der Waals surface area (Å²) in [6.45, 7) is 1.98. The number of methoxy groups -OCH3 is 1. The molecule has 5 atom stereocenters. The molecular weight excluding hydrogens is 389 g/mol. The highest BCUT2D eigenvalue weighted by Gasteiger charge is 2.52. The number of aryl methyl sites for hydroxylation is 1. The van der Waals surface area contributed by atoms with Crippen molar-refractivity contribution in [2.45, 2.75) is 56.5 Å². The van der Waals surface area contributed by atoms with Crippen LogP contribution >= 0.6 is 0 Å². The summed E-state index contributed by atoms with van der Waals surface area (Å²) in [5, 5.41) is 11.6. The maximum atomic E-state index is 5.45. The standard InChI is InChI=1S/C22H27BN7O/c1-12-8-20(28-27-12)25-21-16-6-5-15(31-3)11-18(16)24-22(26-21)29(2)14-9-13-4-7-17-19(10-14)30(13)23-17/h5-6,8,11,13-14,17,19H,4,7,9-10H2,1-3H3,(H2,24,25,26,27,28)/t13-,14-,17?,19-/m0/s1. The maximum absolute atomic E-state index is 5.45. The van der Waals surface area contributed by atoms with Gasteiger partial charge in [0.1, 0.15) is 11.6 Å². The van der Waals surface area contributed by atoms with E-state index in [1.165, 1.54) is 19.3 Å². The minimum Gasteiger partial charge on any atom is -0.497 e. The van der Waals surface area contributed by atoms with E-state index >= 15 is 0 Å². The van der Waals surface area contributed by atoms with Crippen LogP contribution in [0.3, 0.4) is 0 Å². The number of fused-ring (bicyclic) bond motifs is 2. The van der Waals surface area contributed by atoms with Crippen LogP contribution in [0.5, 0.6) is 5.75 Å². The number of nitrogens with one attached hydrogen (secondary N) is 2. The minimum atomic E-state index is 0.450. The zero-order valence-corrected chi connectivity index (χ0v) is 18.2. The summed E-state index contributed by atoms with van der Waals surface area (Å²) in [5.41, 5.74) is 1.86. The monoisotopic (exact) mass is 416 g/mol. The molecule has 6 heterocycles. The third-order valence-corrected chi connectivity index (χ3v) is 7.26. The Hall–Kier alpha value is -2.81. The fraction of sp³-hybridized carbons (Fsp3) is 0.500. The van der Waals surface area contributed by atoms with Gasteiger partial charge in [-0.05, 0) is 50.2 Å². The van der Waals surface area contributed by atoms with Gasteiger partial charge in [0.15, 0.2) is 5.82 Å². The molecule has 2 aromatic heterocycles. The molecule has 0 saturated carbocycles. The number of rotatable bonds is 5. The van der Waals surface area contributed by atoms with Crippen LogP contribution in [0.15, 0.2) is 24.3 Å². The van der Waals surface area contributed by atoms with Gasteiger partial charge >= 0.3 is 0 Å². The van der Waals surface area contributed by atoms with Gasteiger partial charge in [0.25, 0.3) is 0 Å². The first-order valence-corrected chi connectivity index (χ1v) is 11.1. The van der Waals surface area contributed by atoms with E-state index < -0.39 is 0 Å². The lowest BCUT2D eigenvalue weighted by molar-refractivity contribution is 0.0631. The predicted molar refractivity (Wildman–Crippen MR) is 122 cm³/mol. The molecule has 2 unspecified atom stereocenters. The van der Waals surface area contributed by atoms with Gasteiger partial charge in [-0.3, -0.25) is 5.10 Å². The van der Waals surface area contributed by atoms with Crippen molar-refractivity contribution in [3.05, 3.63) is 30.0 Å². The average Bonchev–Trinajstić information content (AvgIpc) is 3.19. The van der Waals surface area contributed by atoms with E-state index in [0.717, 1.165) is 52.2 Å². The Kier molecular flexibility index (Phi) is 4.35. The molecule has 159 valence electrons. The van der Waals surface area contributed by atoms with Crippen LogP contribution in [0.4, 0.5) is 17.6 Å². The third-order valence-electron chi connectivity index (χ3n) is 7.26. The number of ether oxygens (including phenoxy) is 1. The van der Waals surface area contributed by atoms with E-state index in [1.54, 1.807) is 7.11 Å². The van der Waals surface area contributed by atoms with Crippen molar-refractivity contribution in [3.8, 4) is 5.75 Å². The Balaban J connectivity index is 1.36. The molecule has 1 radical (unpaired) electrons. The van der Waals surface area contributed by atoms with Gasteiger partial charge in [0, 0.05) is 42.3 Å². The number of hydrogen-bond acceptors (Lipinski definition) is 7. The number of anilines is 3. The van der Waals surface area contributed by atoms with Crippen LogP contribution in [-0.2, 0) is 0 Å². The van der Waals surface area contributed by atoms with Gasteiger partial charge < -0.3 is 19.8 Å². The largest absolute Gasteiger partial charge is 0.497 e. The molecule has 4 aliphatic rings. The SMILES string of the molecule is COc1ccc2c(Nc3cc(C)[nH]n3)nc(N(C)[C@H]3C[C@@H]4CCC5[B]N4[C@H]5C3)nc2c1. The van der Waals surface area contributed by atoms with Crippen LogP contribution in [0, 0.1) is 6.92 Å². The number of H-pyrrole nitrogens is 1. The molecule has 0 spiro atoms. The zero-order chi connectivity index (χ0) is 21.1. The second kappa shape index (κ2) is 7.12. The van der Waals surface area contributed by atoms with Crippen molar-refractivity contribution in [3.63, 3.8) is 0 Å². The van der Waals surface area contributed by atoms with E-state index in [4.69, 9.17) is 14.7 Å². The smallest absolute Gasteiger partial charge is 0.227 e. The van der Waals surface area contributed by atoms with Gasteiger partial charge in [-0.1, -0.05) is 6.42 Å². The molecule has 3 aromatic rings. The quantitative estimate of drug-likeness (QED) is 0.618. The van der Waals surface area contributed by atoms with Gasteiger partial charge in [0.05, 0.1) is 12.6 Å². The van der Waals surface area contributed by atoms with Crippen LogP contribution in [0.25, 0.3) is 10.9 Å². The second-order valence-electron chi connectivity index (χ2n) is 9.11. The molecule has 1 aromatic carbocycles. The van der Waals surface area contributed by atoms with Gasteiger partial charge in [-0.15, -0.1) is 0 Å². The first-order valence-electron chi connectivity index (χ1n) is 11.1. The van der Waals surface area contributed by atoms with Gasteiger partial charge in [-0.25, -0.2) is 4.98 Å². The van der Waals surface area contributed by atoms with Crippen LogP contribution in [-0.4, -0.2) is 64.7 Å². The highest BCUT2D eigenvalue weighted by Crippen LogP contribution is 2.48. The maximum Gasteiger partial charge on any atom is 0.227 e. The normalized spacial score (nSPS) is 28.5. The minimum absolute atomic E-state index is 0.450. The fourth-order valence-corrected chi connectivity index (χ4v) is 5.53. The molecule has 7 rings (SSSR count). The summed E-state index contributed by atoms with van der Waals surface area (Å²) in [7, 11) is 6.28. The van der Waals surface area contributed by atoms with Crippen LogP contribution in [0.2, 0.25) is 5.82 Å². The summed E-state index contributed by atoms with van der Waals surface area (Å²) in [5.74, 6) is 3.81. The lowest BCUT2D eigenvalue weighted by Crippen LogP contribution is -2.68. The molecule has 0 amide bonds. The zero-order valence-electron chi connectivity index (χ0n) is 18.2. The van der Waals surface area contributed by atoms with Crippen molar-refractivity contribution >= 4 is 35.9 Å². The summed E-state index contributed by atoms with van der Waals surface area (Å²) in [6.07, 6.45) is 5.00. The molecule has 4 fully saturated rings. The van der Waals surface area contributed by atoms with Crippen molar-refractivity contribution in [2.75, 3.05) is 24.4 Å². The summed E-state index contributed by atoms with van der Waals surface area (Å²) >= 11 is 0. The number of aromatic amines is 1. The highest BCUT2D eigenvalue weighted by molar-refractivity contribution is 6.39. The van der Waals surface area contributed by atoms with Crippen molar-refractivity contribution in [1.29, 1.82) is 0 Å². The molecule has 9 heteroatoms. The molecule has 4 saturated heterocycles. The van der Waals surface area contributed by atoms with Crippen molar-refractivity contribution < 1.29 is 4.74 Å². The van der Waals surface area contributed by atoms with Crippen molar-refractivity contribution in [1.82, 2.24) is 25.0 Å². The lowest BCUT2D eigenvalue weighted by atomic mass is 9.49. The van der Waals surface area contributed by atoms with Crippen molar-refractivity contribution in [2.24, 2.45) is 0 Å². The molecule has 31 heavy (non-hydrogen) atoms. The average molecular weight is 416 g/mol. The van der Waals surface area contributed by atoms with Gasteiger partial charge in [-0.2, -0.15) is 10.1 Å². The number of benzene rings is 1. The molecule has 4 bridgehead atoms. The highest BCUT2D eigenvalue weighted by atomic mass is 16.5. The van der Waals surface area contributed by atoms with Gasteiger partial charge in [0.2, 0.25) is 13.4 Å². The van der Waals surface area contributed by atoms with Crippen LogP contribution < -0.4 is 15.0 Å². The third kappa shape index (κ3) is 3.14. The fourth-order valence-electron chi connectivity index (χ4n) is 5.53. The molecule has 4 aliphatic heterocycles. The van der Waals surface area contributed by atoms with Crippen LogP contribution in [0.1, 0.15) is 31.4 Å². The number of nitrogens with zero attached hydrogens (tertiary/aromatic N) is 5. The Bertz CT molecular complexity index is 1120. The summed E-state index contributed by atoms with van der Waals surface area (Å²) in [6, 6.07) is 9.70. The molecule has 2 N–H and O–H groups in total. The van der Waals surface area contributed by atoms with E-state index in [-0.39, 0.29) is 0 Å². The Morgan fingerprint density at radius 3 is 2.87 bits per heavy atom. The van der Waals surface area contributed by atoms with E-state index in [1.807, 2.05) is 31.2 Å². The second-order valence-corrected chi connectivity index (χ2v) is 9.11. The number of hydrogen-bond donors (Lipinski definition) is 2. The Morgan fingerprint density at radius 1 is 1.23 bits per heavy atom. The van der Waals surface area contributed by atoms with E-state index in [9.17, 15) is 0 Å². The summed E-state index contributed by atoms with van der Waals surface area (Å²) in [4.78, 5) is 14.8. The lowest BCUT2D eigenvalue weighted by Gasteiger charge is -2.62. The topological polar surface area (TPSA) is 82.2 Å². The molecule has 0 aliphatic carbocycles. The molecular formula is C22H27BN7O. The number of aromatic nitrogens is 4. The first-order chi connectivity index (χ1) is 15.1.